The van der Waals surface area contributed by atoms with E-state index in [0.29, 0.717) is 5.69 Å². The average Bonchev–Trinajstić information content (AvgIpc) is 2.55. The number of imide groups is 1. The zero-order valence-electron chi connectivity index (χ0n) is 11.1. The van der Waals surface area contributed by atoms with E-state index in [1.54, 1.807) is 32.0 Å². The summed E-state index contributed by atoms with van der Waals surface area (Å²) in [6, 6.07) is 6.54. The van der Waals surface area contributed by atoms with Gasteiger partial charge < -0.3 is 10.6 Å². The van der Waals surface area contributed by atoms with E-state index >= 15 is 0 Å². The molecule has 1 aliphatic rings. The maximum atomic E-state index is 11.9. The Morgan fingerprint density at radius 1 is 1.35 bits per heavy atom. The summed E-state index contributed by atoms with van der Waals surface area (Å²) >= 11 is 3.30. The van der Waals surface area contributed by atoms with E-state index in [1.807, 2.05) is 6.07 Å². The molecule has 6 nitrogen and oxygen atoms in total. The lowest BCUT2D eigenvalue weighted by Crippen LogP contribution is -2.41. The summed E-state index contributed by atoms with van der Waals surface area (Å²) in [5.41, 5.74) is -0.381. The van der Waals surface area contributed by atoms with Crippen LogP contribution in [0.1, 0.15) is 13.8 Å². The molecule has 106 valence electrons. The summed E-state index contributed by atoms with van der Waals surface area (Å²) in [6.45, 7) is 2.88. The van der Waals surface area contributed by atoms with Crippen LogP contribution < -0.4 is 10.6 Å². The first-order valence-corrected chi connectivity index (χ1v) is 6.79. The Morgan fingerprint density at radius 3 is 2.55 bits per heavy atom. The minimum absolute atomic E-state index is 0.310. The standard InChI is InChI=1S/C13H14BrN3O3/c1-13(2)11(19)17(12(20)16-13)7-10(18)15-9-6-4-3-5-8(9)14/h3-6H,7H2,1-2H3,(H,15,18)(H,16,20). The van der Waals surface area contributed by atoms with Gasteiger partial charge in [-0.25, -0.2) is 4.79 Å². The number of benzene rings is 1. The van der Waals surface area contributed by atoms with Gasteiger partial charge in [-0.05, 0) is 41.9 Å². The average molecular weight is 340 g/mol. The van der Waals surface area contributed by atoms with Gasteiger partial charge in [0.05, 0.1) is 5.69 Å². The predicted molar refractivity (Wildman–Crippen MR) is 77.1 cm³/mol. The van der Waals surface area contributed by atoms with Crippen LogP contribution in [0.4, 0.5) is 10.5 Å². The zero-order chi connectivity index (χ0) is 14.9. The first kappa shape index (κ1) is 14.5. The molecule has 0 aromatic heterocycles. The Balaban J connectivity index is 2.04. The number of urea groups is 1. The molecule has 1 heterocycles. The van der Waals surface area contributed by atoms with Crippen LogP contribution in [-0.4, -0.2) is 34.8 Å². The van der Waals surface area contributed by atoms with Crippen molar-refractivity contribution in [2.45, 2.75) is 19.4 Å². The van der Waals surface area contributed by atoms with Crippen LogP contribution in [0.2, 0.25) is 0 Å². The van der Waals surface area contributed by atoms with Gasteiger partial charge in [0, 0.05) is 4.47 Å². The van der Waals surface area contributed by atoms with Gasteiger partial charge in [-0.1, -0.05) is 12.1 Å². The molecule has 0 spiro atoms. The third-order valence-electron chi connectivity index (χ3n) is 2.89. The van der Waals surface area contributed by atoms with E-state index in [9.17, 15) is 14.4 Å². The van der Waals surface area contributed by atoms with Gasteiger partial charge in [-0.2, -0.15) is 0 Å². The maximum Gasteiger partial charge on any atom is 0.325 e. The van der Waals surface area contributed by atoms with E-state index in [-0.39, 0.29) is 6.54 Å². The third kappa shape index (κ3) is 2.82. The highest BCUT2D eigenvalue weighted by atomic mass is 79.9. The van der Waals surface area contributed by atoms with Crippen molar-refractivity contribution in [2.24, 2.45) is 0 Å². The molecule has 0 saturated carbocycles. The summed E-state index contributed by atoms with van der Waals surface area (Å²) in [4.78, 5) is 36.4. The number of nitrogens with one attached hydrogen (secondary N) is 2. The molecule has 2 rings (SSSR count). The number of hydrogen-bond donors (Lipinski definition) is 2. The van der Waals surface area contributed by atoms with E-state index in [4.69, 9.17) is 0 Å². The van der Waals surface area contributed by atoms with Crippen LogP contribution in [0.5, 0.6) is 0 Å². The molecule has 0 radical (unpaired) electrons. The maximum absolute atomic E-state index is 11.9. The molecule has 1 aromatic carbocycles. The normalized spacial score (nSPS) is 17.1. The highest BCUT2D eigenvalue weighted by molar-refractivity contribution is 9.10. The van der Waals surface area contributed by atoms with Gasteiger partial charge >= 0.3 is 6.03 Å². The fraction of sp³-hybridized carbons (Fsp3) is 0.308. The molecule has 2 N–H and O–H groups in total. The monoisotopic (exact) mass is 339 g/mol. The summed E-state index contributed by atoms with van der Waals surface area (Å²) in [6.07, 6.45) is 0. The zero-order valence-corrected chi connectivity index (χ0v) is 12.7. The summed E-state index contributed by atoms with van der Waals surface area (Å²) in [5.74, 6) is -0.845. The summed E-state index contributed by atoms with van der Waals surface area (Å²) in [7, 11) is 0. The number of rotatable bonds is 3. The van der Waals surface area contributed by atoms with Crippen molar-refractivity contribution in [1.29, 1.82) is 0 Å². The van der Waals surface area contributed by atoms with Gasteiger partial charge in [-0.15, -0.1) is 0 Å². The molecule has 0 atom stereocenters. The summed E-state index contributed by atoms with van der Waals surface area (Å²) in [5, 5.41) is 5.17. The Hall–Kier alpha value is -1.89. The molecule has 7 heteroatoms. The lowest BCUT2D eigenvalue weighted by Gasteiger charge is -2.16. The van der Waals surface area contributed by atoms with Crippen molar-refractivity contribution in [1.82, 2.24) is 10.2 Å². The van der Waals surface area contributed by atoms with Gasteiger partial charge in [-0.3, -0.25) is 14.5 Å². The number of para-hydroxylation sites is 1. The minimum Gasteiger partial charge on any atom is -0.324 e. The topological polar surface area (TPSA) is 78.5 Å². The van der Waals surface area contributed by atoms with Gasteiger partial charge in [0.25, 0.3) is 5.91 Å². The van der Waals surface area contributed by atoms with Crippen molar-refractivity contribution in [3.05, 3.63) is 28.7 Å². The van der Waals surface area contributed by atoms with Crippen molar-refractivity contribution in [2.75, 3.05) is 11.9 Å². The molecule has 0 bridgehead atoms. The number of anilines is 1. The second-order valence-corrected chi connectivity index (χ2v) is 5.83. The molecule has 0 unspecified atom stereocenters. The lowest BCUT2D eigenvalue weighted by molar-refractivity contribution is -0.132. The molecule has 1 aliphatic heterocycles. The van der Waals surface area contributed by atoms with Crippen LogP contribution in [0.25, 0.3) is 0 Å². The second-order valence-electron chi connectivity index (χ2n) is 4.97. The highest BCUT2D eigenvalue weighted by Gasteiger charge is 2.44. The molecule has 4 amide bonds. The Bertz CT molecular complexity index is 586. The number of carbonyl (C=O) groups excluding carboxylic acids is 3. The lowest BCUT2D eigenvalue weighted by atomic mass is 10.1. The predicted octanol–water partition coefficient (Wildman–Crippen LogP) is 1.72. The van der Waals surface area contributed by atoms with Gasteiger partial charge in [0.15, 0.2) is 0 Å². The smallest absolute Gasteiger partial charge is 0.324 e. The molecule has 20 heavy (non-hydrogen) atoms. The number of nitrogens with zero attached hydrogens (tertiary/aromatic N) is 1. The van der Waals surface area contributed by atoms with E-state index in [0.717, 1.165) is 9.37 Å². The fourth-order valence-electron chi connectivity index (χ4n) is 1.86. The number of amides is 4. The molecular weight excluding hydrogens is 326 g/mol. The first-order chi connectivity index (χ1) is 9.31. The van der Waals surface area contributed by atoms with Gasteiger partial charge in [0.2, 0.25) is 5.91 Å². The quantitative estimate of drug-likeness (QED) is 0.823. The van der Waals surface area contributed by atoms with Crippen LogP contribution in [0.15, 0.2) is 28.7 Å². The highest BCUT2D eigenvalue weighted by Crippen LogP contribution is 2.21. The van der Waals surface area contributed by atoms with Crippen molar-refractivity contribution in [3.63, 3.8) is 0 Å². The van der Waals surface area contributed by atoms with Crippen LogP contribution >= 0.6 is 15.9 Å². The number of halogens is 1. The molecule has 0 aliphatic carbocycles. The van der Waals surface area contributed by atoms with Crippen molar-refractivity contribution < 1.29 is 14.4 Å². The second kappa shape index (κ2) is 5.24. The van der Waals surface area contributed by atoms with E-state index < -0.39 is 23.4 Å². The van der Waals surface area contributed by atoms with Crippen LogP contribution in [0, 0.1) is 0 Å². The Labute approximate surface area is 124 Å². The van der Waals surface area contributed by atoms with Crippen molar-refractivity contribution in [3.8, 4) is 0 Å². The minimum atomic E-state index is -0.968. The third-order valence-corrected chi connectivity index (χ3v) is 3.59. The van der Waals surface area contributed by atoms with Gasteiger partial charge in [0.1, 0.15) is 12.1 Å². The first-order valence-electron chi connectivity index (χ1n) is 6.00. The molecule has 1 aromatic rings. The fourth-order valence-corrected chi connectivity index (χ4v) is 2.24. The number of hydrogen-bond acceptors (Lipinski definition) is 3. The van der Waals surface area contributed by atoms with Crippen LogP contribution in [0.3, 0.4) is 0 Å². The molecule has 1 fully saturated rings. The van der Waals surface area contributed by atoms with E-state index in [1.165, 1.54) is 0 Å². The van der Waals surface area contributed by atoms with Crippen molar-refractivity contribution >= 4 is 39.5 Å². The molecular formula is C13H14BrN3O3. The number of carbonyl (C=O) groups is 3. The van der Waals surface area contributed by atoms with Crippen LogP contribution in [-0.2, 0) is 9.59 Å². The Kier molecular flexibility index (Phi) is 3.80. The SMILES string of the molecule is CC1(C)NC(=O)N(CC(=O)Nc2ccccc2Br)C1=O. The molecule has 1 saturated heterocycles. The Morgan fingerprint density at radius 2 is 2.00 bits per heavy atom. The summed E-state index contributed by atoms with van der Waals surface area (Å²) < 4.78 is 0.728. The largest absolute Gasteiger partial charge is 0.325 e. The van der Waals surface area contributed by atoms with E-state index in [2.05, 4.69) is 26.6 Å².